The molecule has 0 aliphatic heterocycles. The summed E-state index contributed by atoms with van der Waals surface area (Å²) in [6, 6.07) is 5.84. The van der Waals surface area contributed by atoms with Gasteiger partial charge in [0, 0.05) is 6.07 Å². The normalized spacial score (nSPS) is 10.3. The molecule has 19 heavy (non-hydrogen) atoms. The lowest BCUT2D eigenvalue weighted by atomic mass is 10.3. The standard InChI is InChI=1S/C11H5Cl2FN2O3/c12-8-5-7(1-2-9(8)14)19-11-4-6(16(17)18)3-10(13)15-11/h1-5H. The Bertz CT molecular complexity index is 652. The third kappa shape index (κ3) is 3.30. The summed E-state index contributed by atoms with van der Waals surface area (Å²) in [7, 11) is 0. The van der Waals surface area contributed by atoms with Gasteiger partial charge in [-0.1, -0.05) is 23.2 Å². The Morgan fingerprint density at radius 3 is 2.63 bits per heavy atom. The number of hydrogen-bond donors (Lipinski definition) is 0. The van der Waals surface area contributed by atoms with Gasteiger partial charge in [0.05, 0.1) is 22.1 Å². The van der Waals surface area contributed by atoms with Crippen molar-refractivity contribution in [3.8, 4) is 11.6 Å². The molecule has 1 aromatic carbocycles. The third-order valence-corrected chi connectivity index (χ3v) is 2.56. The quantitative estimate of drug-likeness (QED) is 0.483. The summed E-state index contributed by atoms with van der Waals surface area (Å²) in [6.45, 7) is 0. The molecule has 2 rings (SSSR count). The molecule has 0 atom stereocenters. The van der Waals surface area contributed by atoms with Crippen LogP contribution in [-0.2, 0) is 0 Å². The molecule has 0 radical (unpaired) electrons. The van der Waals surface area contributed by atoms with Crippen molar-refractivity contribution in [1.82, 2.24) is 4.98 Å². The van der Waals surface area contributed by atoms with Crippen LogP contribution in [0.5, 0.6) is 11.6 Å². The molecule has 0 aliphatic rings. The van der Waals surface area contributed by atoms with Crippen LogP contribution in [-0.4, -0.2) is 9.91 Å². The minimum Gasteiger partial charge on any atom is -0.439 e. The van der Waals surface area contributed by atoms with E-state index in [0.717, 1.165) is 18.2 Å². The number of nitro groups is 1. The van der Waals surface area contributed by atoms with Gasteiger partial charge in [0.2, 0.25) is 5.88 Å². The first-order valence-corrected chi connectivity index (χ1v) is 5.66. The molecular weight excluding hydrogens is 298 g/mol. The summed E-state index contributed by atoms with van der Waals surface area (Å²) in [4.78, 5) is 13.8. The van der Waals surface area contributed by atoms with E-state index in [4.69, 9.17) is 27.9 Å². The zero-order valence-electron chi connectivity index (χ0n) is 9.14. The van der Waals surface area contributed by atoms with Crippen molar-refractivity contribution in [1.29, 1.82) is 0 Å². The maximum Gasteiger partial charge on any atom is 0.277 e. The van der Waals surface area contributed by atoms with E-state index < -0.39 is 10.7 Å². The predicted octanol–water partition coefficient (Wildman–Crippen LogP) is 4.23. The topological polar surface area (TPSA) is 65.3 Å². The highest BCUT2D eigenvalue weighted by Crippen LogP contribution is 2.28. The van der Waals surface area contributed by atoms with Crippen molar-refractivity contribution in [2.24, 2.45) is 0 Å². The Kier molecular flexibility index (Phi) is 3.82. The smallest absolute Gasteiger partial charge is 0.277 e. The van der Waals surface area contributed by atoms with Gasteiger partial charge >= 0.3 is 0 Å². The fourth-order valence-corrected chi connectivity index (χ4v) is 1.64. The van der Waals surface area contributed by atoms with Crippen LogP contribution in [0.2, 0.25) is 10.2 Å². The molecule has 0 saturated heterocycles. The molecule has 1 aromatic heterocycles. The van der Waals surface area contributed by atoms with E-state index in [2.05, 4.69) is 4.98 Å². The summed E-state index contributed by atoms with van der Waals surface area (Å²) in [5.41, 5.74) is -0.261. The first-order valence-electron chi connectivity index (χ1n) is 4.90. The number of halogens is 3. The number of aromatic nitrogens is 1. The lowest BCUT2D eigenvalue weighted by molar-refractivity contribution is -0.385. The average Bonchev–Trinajstić information content (AvgIpc) is 2.33. The van der Waals surface area contributed by atoms with Gasteiger partial charge in [0.15, 0.2) is 0 Å². The molecule has 98 valence electrons. The number of pyridine rings is 1. The molecular formula is C11H5Cl2FN2O3. The van der Waals surface area contributed by atoms with Gasteiger partial charge in [-0.15, -0.1) is 0 Å². The maximum atomic E-state index is 13.0. The summed E-state index contributed by atoms with van der Waals surface area (Å²) < 4.78 is 18.2. The second kappa shape index (κ2) is 5.38. The maximum absolute atomic E-state index is 13.0. The van der Waals surface area contributed by atoms with Crippen LogP contribution in [0, 0.1) is 15.9 Å². The van der Waals surface area contributed by atoms with Crippen molar-refractivity contribution >= 4 is 28.9 Å². The number of nitrogens with zero attached hydrogens (tertiary/aromatic N) is 2. The molecule has 8 heteroatoms. The van der Waals surface area contributed by atoms with Crippen LogP contribution in [0.1, 0.15) is 0 Å². The molecule has 0 bridgehead atoms. The zero-order valence-corrected chi connectivity index (χ0v) is 10.7. The van der Waals surface area contributed by atoms with Gasteiger partial charge in [-0.25, -0.2) is 9.37 Å². The van der Waals surface area contributed by atoms with Gasteiger partial charge in [0.25, 0.3) is 5.69 Å². The van der Waals surface area contributed by atoms with E-state index in [-0.39, 0.29) is 27.5 Å². The summed E-state index contributed by atoms with van der Waals surface area (Å²) >= 11 is 11.2. The van der Waals surface area contributed by atoms with Crippen LogP contribution < -0.4 is 4.74 Å². The minimum atomic E-state index is -0.627. The SMILES string of the molecule is O=[N+]([O-])c1cc(Cl)nc(Oc2ccc(F)c(Cl)c2)c1. The molecule has 1 heterocycles. The predicted molar refractivity (Wildman–Crippen MR) is 67.4 cm³/mol. The highest BCUT2D eigenvalue weighted by Gasteiger charge is 2.12. The van der Waals surface area contributed by atoms with Crippen LogP contribution in [0.3, 0.4) is 0 Å². The summed E-state index contributed by atoms with van der Waals surface area (Å²) in [6.07, 6.45) is 0. The Balaban J connectivity index is 2.32. The van der Waals surface area contributed by atoms with E-state index in [1.165, 1.54) is 12.1 Å². The largest absolute Gasteiger partial charge is 0.439 e. The monoisotopic (exact) mass is 302 g/mol. The minimum absolute atomic E-state index is 0.0816. The fourth-order valence-electron chi connectivity index (χ4n) is 1.28. The molecule has 0 amide bonds. The molecule has 0 spiro atoms. The molecule has 0 N–H and O–H groups in total. The van der Waals surface area contributed by atoms with E-state index in [0.29, 0.717) is 0 Å². The van der Waals surface area contributed by atoms with E-state index >= 15 is 0 Å². The van der Waals surface area contributed by atoms with E-state index in [1.54, 1.807) is 0 Å². The highest BCUT2D eigenvalue weighted by atomic mass is 35.5. The molecule has 0 aliphatic carbocycles. The van der Waals surface area contributed by atoms with Crippen molar-refractivity contribution in [3.63, 3.8) is 0 Å². The van der Waals surface area contributed by atoms with Gasteiger partial charge < -0.3 is 4.74 Å². The van der Waals surface area contributed by atoms with Crippen molar-refractivity contribution in [2.45, 2.75) is 0 Å². The number of benzene rings is 1. The van der Waals surface area contributed by atoms with Crippen LogP contribution in [0.25, 0.3) is 0 Å². The molecule has 5 nitrogen and oxygen atoms in total. The van der Waals surface area contributed by atoms with Crippen LogP contribution in [0.15, 0.2) is 30.3 Å². The molecule has 0 fully saturated rings. The first kappa shape index (κ1) is 13.5. The number of hydrogen-bond acceptors (Lipinski definition) is 4. The van der Waals surface area contributed by atoms with Gasteiger partial charge in [-0.05, 0) is 12.1 Å². The van der Waals surface area contributed by atoms with Crippen molar-refractivity contribution < 1.29 is 14.1 Å². The van der Waals surface area contributed by atoms with E-state index in [9.17, 15) is 14.5 Å². The Morgan fingerprint density at radius 1 is 1.26 bits per heavy atom. The van der Waals surface area contributed by atoms with Crippen LogP contribution in [0.4, 0.5) is 10.1 Å². The highest BCUT2D eigenvalue weighted by molar-refractivity contribution is 6.30. The molecule has 0 saturated carbocycles. The number of ether oxygens (including phenoxy) is 1. The Morgan fingerprint density at radius 2 is 2.00 bits per heavy atom. The summed E-state index contributed by atoms with van der Waals surface area (Å²) in [5.74, 6) is -0.489. The van der Waals surface area contributed by atoms with Crippen molar-refractivity contribution in [2.75, 3.05) is 0 Å². The third-order valence-electron chi connectivity index (χ3n) is 2.08. The van der Waals surface area contributed by atoms with Crippen molar-refractivity contribution in [3.05, 3.63) is 56.4 Å². The van der Waals surface area contributed by atoms with Gasteiger partial charge in [-0.2, -0.15) is 0 Å². The summed E-state index contributed by atoms with van der Waals surface area (Å²) in [5, 5.41) is 10.4. The zero-order chi connectivity index (χ0) is 14.0. The van der Waals surface area contributed by atoms with Gasteiger partial charge in [0.1, 0.15) is 16.7 Å². The average molecular weight is 303 g/mol. The number of rotatable bonds is 3. The second-order valence-corrected chi connectivity index (χ2v) is 4.22. The fraction of sp³-hybridized carbons (Fsp3) is 0. The van der Waals surface area contributed by atoms with Gasteiger partial charge in [-0.3, -0.25) is 10.1 Å². The lowest BCUT2D eigenvalue weighted by Crippen LogP contribution is -1.93. The molecule has 0 unspecified atom stereocenters. The first-order chi connectivity index (χ1) is 8.95. The molecule has 2 aromatic rings. The Hall–Kier alpha value is -1.92. The second-order valence-electron chi connectivity index (χ2n) is 3.42. The van der Waals surface area contributed by atoms with E-state index in [1.807, 2.05) is 0 Å². The lowest BCUT2D eigenvalue weighted by Gasteiger charge is -2.05. The Labute approximate surface area is 116 Å². The van der Waals surface area contributed by atoms with Crippen LogP contribution >= 0.6 is 23.2 Å².